The monoisotopic (exact) mass is 239 g/mol. The fourth-order valence-corrected chi connectivity index (χ4v) is 1.26. The van der Waals surface area contributed by atoms with Crippen LogP contribution < -0.4 is 5.32 Å². The quantitative estimate of drug-likeness (QED) is 0.797. The molecule has 3 nitrogen and oxygen atoms in total. The van der Waals surface area contributed by atoms with E-state index in [1.54, 1.807) is 0 Å². The van der Waals surface area contributed by atoms with Crippen molar-refractivity contribution in [1.82, 2.24) is 5.32 Å². The molecule has 0 aromatic carbocycles. The molecule has 1 aliphatic heterocycles. The van der Waals surface area contributed by atoms with Crippen LogP contribution in [0.3, 0.4) is 0 Å². The van der Waals surface area contributed by atoms with E-state index in [1.807, 2.05) is 6.92 Å². The molecular formula is C8H18BrNO2. The average Bonchev–Trinajstić information content (AvgIpc) is 2.07. The van der Waals surface area contributed by atoms with E-state index in [-0.39, 0.29) is 29.2 Å². The fourth-order valence-electron chi connectivity index (χ4n) is 1.26. The SMILES string of the molecule is Br.CCOC(C)C1CNCCO1. The summed E-state index contributed by atoms with van der Waals surface area (Å²) in [5.41, 5.74) is 0. The summed E-state index contributed by atoms with van der Waals surface area (Å²) in [4.78, 5) is 0. The normalized spacial score (nSPS) is 26.0. The van der Waals surface area contributed by atoms with Gasteiger partial charge in [-0.05, 0) is 13.8 Å². The van der Waals surface area contributed by atoms with E-state index in [0.29, 0.717) is 0 Å². The van der Waals surface area contributed by atoms with Crippen molar-refractivity contribution in [2.45, 2.75) is 26.1 Å². The number of morpholine rings is 1. The number of nitrogens with one attached hydrogen (secondary N) is 1. The number of hydrogen-bond acceptors (Lipinski definition) is 3. The Balaban J connectivity index is 0.00000121. The standard InChI is InChI=1S/C8H17NO2.BrH/c1-3-10-7(2)8-6-9-4-5-11-8;/h7-9H,3-6H2,1-2H3;1H. The van der Waals surface area contributed by atoms with Crippen LogP contribution >= 0.6 is 17.0 Å². The van der Waals surface area contributed by atoms with Crippen molar-refractivity contribution >= 4 is 17.0 Å². The van der Waals surface area contributed by atoms with E-state index < -0.39 is 0 Å². The van der Waals surface area contributed by atoms with E-state index in [0.717, 1.165) is 26.3 Å². The maximum atomic E-state index is 5.50. The summed E-state index contributed by atoms with van der Waals surface area (Å²) in [5.74, 6) is 0. The highest BCUT2D eigenvalue weighted by Gasteiger charge is 2.20. The van der Waals surface area contributed by atoms with Crippen LogP contribution in [0, 0.1) is 0 Å². The summed E-state index contributed by atoms with van der Waals surface area (Å²) in [7, 11) is 0. The first-order valence-corrected chi connectivity index (χ1v) is 4.28. The predicted molar refractivity (Wildman–Crippen MR) is 54.0 cm³/mol. The molecule has 1 rings (SSSR count). The first-order valence-electron chi connectivity index (χ1n) is 4.28. The second kappa shape index (κ2) is 6.83. The van der Waals surface area contributed by atoms with E-state index in [9.17, 15) is 0 Å². The minimum absolute atomic E-state index is 0. The molecule has 0 aliphatic carbocycles. The van der Waals surface area contributed by atoms with Crippen LogP contribution in [0.25, 0.3) is 0 Å². The Bertz CT molecular complexity index is 107. The molecular weight excluding hydrogens is 222 g/mol. The highest BCUT2D eigenvalue weighted by atomic mass is 79.9. The van der Waals surface area contributed by atoms with Gasteiger partial charge in [-0.15, -0.1) is 17.0 Å². The summed E-state index contributed by atoms with van der Waals surface area (Å²) in [6.45, 7) is 7.52. The van der Waals surface area contributed by atoms with Crippen molar-refractivity contribution < 1.29 is 9.47 Å². The highest BCUT2D eigenvalue weighted by molar-refractivity contribution is 8.93. The average molecular weight is 240 g/mol. The van der Waals surface area contributed by atoms with Crippen LogP contribution in [0.5, 0.6) is 0 Å². The highest BCUT2D eigenvalue weighted by Crippen LogP contribution is 2.05. The second-order valence-corrected chi connectivity index (χ2v) is 2.77. The van der Waals surface area contributed by atoms with Gasteiger partial charge in [0.15, 0.2) is 0 Å². The van der Waals surface area contributed by atoms with Crippen LogP contribution in [0.4, 0.5) is 0 Å². The van der Waals surface area contributed by atoms with Gasteiger partial charge in [0.1, 0.15) is 0 Å². The molecule has 1 heterocycles. The molecule has 0 spiro atoms. The summed E-state index contributed by atoms with van der Waals surface area (Å²) >= 11 is 0. The van der Waals surface area contributed by atoms with Crippen LogP contribution in [-0.2, 0) is 9.47 Å². The van der Waals surface area contributed by atoms with Crippen molar-refractivity contribution in [3.63, 3.8) is 0 Å². The smallest absolute Gasteiger partial charge is 0.0958 e. The molecule has 4 heteroatoms. The van der Waals surface area contributed by atoms with Gasteiger partial charge in [0, 0.05) is 19.7 Å². The second-order valence-electron chi connectivity index (χ2n) is 2.77. The number of halogens is 1. The Kier molecular flexibility index (Phi) is 7.04. The molecule has 0 aromatic rings. The first-order chi connectivity index (χ1) is 5.34. The largest absolute Gasteiger partial charge is 0.376 e. The lowest BCUT2D eigenvalue weighted by Gasteiger charge is -2.28. The molecule has 0 radical (unpaired) electrons. The number of ether oxygens (including phenoxy) is 2. The predicted octanol–water partition coefficient (Wildman–Crippen LogP) is 0.978. The molecule has 2 atom stereocenters. The molecule has 1 fully saturated rings. The Hall–Kier alpha value is 0.360. The zero-order chi connectivity index (χ0) is 8.10. The van der Waals surface area contributed by atoms with Gasteiger partial charge in [-0.1, -0.05) is 0 Å². The molecule has 12 heavy (non-hydrogen) atoms. The van der Waals surface area contributed by atoms with Crippen molar-refractivity contribution in [2.75, 3.05) is 26.3 Å². The van der Waals surface area contributed by atoms with E-state index in [2.05, 4.69) is 12.2 Å². The van der Waals surface area contributed by atoms with Crippen molar-refractivity contribution in [1.29, 1.82) is 0 Å². The summed E-state index contributed by atoms with van der Waals surface area (Å²) in [5, 5.41) is 3.27. The van der Waals surface area contributed by atoms with Gasteiger partial charge in [-0.25, -0.2) is 0 Å². The Morgan fingerprint density at radius 3 is 2.92 bits per heavy atom. The van der Waals surface area contributed by atoms with Crippen molar-refractivity contribution in [3.05, 3.63) is 0 Å². The van der Waals surface area contributed by atoms with Gasteiger partial charge >= 0.3 is 0 Å². The molecule has 74 valence electrons. The molecule has 0 saturated carbocycles. The van der Waals surface area contributed by atoms with Gasteiger partial charge < -0.3 is 14.8 Å². The summed E-state index contributed by atoms with van der Waals surface area (Å²) in [6, 6.07) is 0. The van der Waals surface area contributed by atoms with E-state index >= 15 is 0 Å². The lowest BCUT2D eigenvalue weighted by molar-refractivity contribution is -0.0731. The topological polar surface area (TPSA) is 30.5 Å². The molecule has 0 amide bonds. The van der Waals surface area contributed by atoms with Crippen molar-refractivity contribution in [3.8, 4) is 0 Å². The molecule has 1 aliphatic rings. The third kappa shape index (κ3) is 3.85. The van der Waals surface area contributed by atoms with Crippen LogP contribution in [0.2, 0.25) is 0 Å². The van der Waals surface area contributed by atoms with Gasteiger partial charge in [0.25, 0.3) is 0 Å². The molecule has 1 saturated heterocycles. The third-order valence-corrected chi connectivity index (χ3v) is 1.91. The van der Waals surface area contributed by atoms with Gasteiger partial charge in [0.2, 0.25) is 0 Å². The first kappa shape index (κ1) is 12.4. The van der Waals surface area contributed by atoms with E-state index in [4.69, 9.17) is 9.47 Å². The minimum atomic E-state index is 0. The Morgan fingerprint density at radius 1 is 1.67 bits per heavy atom. The Labute approximate surface area is 84.6 Å². The third-order valence-electron chi connectivity index (χ3n) is 1.91. The lowest BCUT2D eigenvalue weighted by Crippen LogP contribution is -2.45. The number of hydrogen-bond donors (Lipinski definition) is 1. The fraction of sp³-hybridized carbons (Fsp3) is 1.00. The Morgan fingerprint density at radius 2 is 2.42 bits per heavy atom. The lowest BCUT2D eigenvalue weighted by atomic mass is 10.2. The minimum Gasteiger partial charge on any atom is -0.376 e. The summed E-state index contributed by atoms with van der Waals surface area (Å²) < 4.78 is 10.9. The zero-order valence-corrected chi connectivity index (χ0v) is 9.42. The van der Waals surface area contributed by atoms with Crippen molar-refractivity contribution in [2.24, 2.45) is 0 Å². The van der Waals surface area contributed by atoms with Gasteiger partial charge in [0.05, 0.1) is 18.8 Å². The zero-order valence-electron chi connectivity index (χ0n) is 7.71. The van der Waals surface area contributed by atoms with E-state index in [1.165, 1.54) is 0 Å². The summed E-state index contributed by atoms with van der Waals surface area (Å²) in [6.07, 6.45) is 0.455. The maximum absolute atomic E-state index is 5.50. The van der Waals surface area contributed by atoms with Gasteiger partial charge in [-0.3, -0.25) is 0 Å². The van der Waals surface area contributed by atoms with Crippen LogP contribution in [-0.4, -0.2) is 38.5 Å². The van der Waals surface area contributed by atoms with Gasteiger partial charge in [-0.2, -0.15) is 0 Å². The van der Waals surface area contributed by atoms with Crippen LogP contribution in [0.15, 0.2) is 0 Å². The molecule has 0 aromatic heterocycles. The maximum Gasteiger partial charge on any atom is 0.0958 e. The number of rotatable bonds is 3. The molecule has 2 unspecified atom stereocenters. The van der Waals surface area contributed by atoms with Crippen LogP contribution in [0.1, 0.15) is 13.8 Å². The molecule has 0 bridgehead atoms. The molecule has 1 N–H and O–H groups in total.